The second-order valence-electron chi connectivity index (χ2n) is 6.82. The number of nitrogens with two attached hydrogens (primary N) is 1. The first-order valence-corrected chi connectivity index (χ1v) is 8.97. The van der Waals surface area contributed by atoms with E-state index in [1.165, 1.54) is 11.1 Å². The number of aryl methyl sites for hydroxylation is 1. The van der Waals surface area contributed by atoms with Gasteiger partial charge in [-0.1, -0.05) is 24.3 Å². The van der Waals surface area contributed by atoms with E-state index in [9.17, 15) is 0 Å². The summed E-state index contributed by atoms with van der Waals surface area (Å²) in [5.41, 5.74) is 9.49. The first-order chi connectivity index (χ1) is 12.6. The van der Waals surface area contributed by atoms with E-state index in [0.29, 0.717) is 12.5 Å². The molecule has 0 atom stereocenters. The van der Waals surface area contributed by atoms with Gasteiger partial charge in [0.2, 0.25) is 0 Å². The minimum absolute atomic E-state index is 0. The summed E-state index contributed by atoms with van der Waals surface area (Å²) in [5, 5.41) is 3.19. The third-order valence-corrected chi connectivity index (χ3v) is 4.99. The smallest absolute Gasteiger partial charge is 0.193 e. The van der Waals surface area contributed by atoms with Gasteiger partial charge in [0.25, 0.3) is 0 Å². The molecular formula is C21H28IN3O2. The third-order valence-electron chi connectivity index (χ3n) is 4.99. The molecule has 2 aromatic rings. The molecular weight excluding hydrogens is 453 g/mol. The highest BCUT2D eigenvalue weighted by atomic mass is 127. The van der Waals surface area contributed by atoms with Crippen LogP contribution in [0.5, 0.6) is 5.75 Å². The maximum absolute atomic E-state index is 6.14. The number of guanidine groups is 1. The van der Waals surface area contributed by atoms with Crippen LogP contribution in [-0.2, 0) is 10.2 Å². The van der Waals surface area contributed by atoms with Gasteiger partial charge in [-0.05, 0) is 55.2 Å². The number of rotatable bonds is 5. The SMILES string of the molecule is COc1ccc(C2(CN=C(N)Nc3cccc(C)c3)CCOCC2)cc1.I. The minimum atomic E-state index is -0.0522. The van der Waals surface area contributed by atoms with Gasteiger partial charge in [-0.25, -0.2) is 0 Å². The number of hydrogen-bond donors (Lipinski definition) is 2. The van der Waals surface area contributed by atoms with Gasteiger partial charge < -0.3 is 20.5 Å². The Hall–Kier alpha value is -1.80. The lowest BCUT2D eigenvalue weighted by Crippen LogP contribution is -2.38. The van der Waals surface area contributed by atoms with Gasteiger partial charge in [0, 0.05) is 24.3 Å². The Bertz CT molecular complexity index is 756. The molecule has 0 unspecified atom stereocenters. The Balaban J connectivity index is 0.00000261. The fourth-order valence-corrected chi connectivity index (χ4v) is 3.39. The van der Waals surface area contributed by atoms with Crippen LogP contribution in [0.4, 0.5) is 5.69 Å². The van der Waals surface area contributed by atoms with Crippen LogP contribution in [0.3, 0.4) is 0 Å². The molecule has 0 amide bonds. The first kappa shape index (κ1) is 21.5. The number of anilines is 1. The van der Waals surface area contributed by atoms with Crippen molar-refractivity contribution in [3.63, 3.8) is 0 Å². The number of nitrogens with one attached hydrogen (secondary N) is 1. The molecule has 146 valence electrons. The van der Waals surface area contributed by atoms with E-state index in [1.54, 1.807) is 7.11 Å². The maximum Gasteiger partial charge on any atom is 0.193 e. The number of hydrogen-bond acceptors (Lipinski definition) is 3. The Labute approximate surface area is 178 Å². The van der Waals surface area contributed by atoms with E-state index in [-0.39, 0.29) is 29.4 Å². The molecule has 1 fully saturated rings. The topological polar surface area (TPSA) is 68.9 Å². The molecule has 27 heavy (non-hydrogen) atoms. The maximum atomic E-state index is 6.14. The largest absolute Gasteiger partial charge is 0.497 e. The lowest BCUT2D eigenvalue weighted by molar-refractivity contribution is 0.0531. The van der Waals surface area contributed by atoms with Crippen LogP contribution in [0.2, 0.25) is 0 Å². The summed E-state index contributed by atoms with van der Waals surface area (Å²) in [7, 11) is 1.68. The second kappa shape index (κ2) is 9.94. The first-order valence-electron chi connectivity index (χ1n) is 8.97. The van der Waals surface area contributed by atoms with Crippen LogP contribution in [-0.4, -0.2) is 32.8 Å². The number of halogens is 1. The van der Waals surface area contributed by atoms with Gasteiger partial charge in [-0.2, -0.15) is 0 Å². The third kappa shape index (κ3) is 5.59. The van der Waals surface area contributed by atoms with Crippen LogP contribution < -0.4 is 15.8 Å². The summed E-state index contributed by atoms with van der Waals surface area (Å²) in [6.45, 7) is 4.17. The van der Waals surface area contributed by atoms with Crippen molar-refractivity contribution in [2.45, 2.75) is 25.2 Å². The normalized spacial score (nSPS) is 16.3. The Morgan fingerprint density at radius 1 is 1.19 bits per heavy atom. The van der Waals surface area contributed by atoms with Crippen LogP contribution in [0.25, 0.3) is 0 Å². The molecule has 0 aliphatic carbocycles. The van der Waals surface area contributed by atoms with Gasteiger partial charge in [-0.15, -0.1) is 24.0 Å². The van der Waals surface area contributed by atoms with E-state index in [1.807, 2.05) is 24.3 Å². The predicted octanol–water partition coefficient (Wildman–Crippen LogP) is 4.10. The van der Waals surface area contributed by atoms with E-state index in [4.69, 9.17) is 15.2 Å². The van der Waals surface area contributed by atoms with E-state index in [0.717, 1.165) is 37.5 Å². The summed E-state index contributed by atoms with van der Waals surface area (Å²) in [4.78, 5) is 4.66. The molecule has 1 aliphatic heterocycles. The van der Waals surface area contributed by atoms with Crippen molar-refractivity contribution in [1.82, 2.24) is 0 Å². The molecule has 0 spiro atoms. The highest BCUT2D eigenvalue weighted by molar-refractivity contribution is 14.0. The van der Waals surface area contributed by atoms with Crippen molar-refractivity contribution in [1.29, 1.82) is 0 Å². The summed E-state index contributed by atoms with van der Waals surface area (Å²) >= 11 is 0. The zero-order chi connectivity index (χ0) is 18.4. The average Bonchev–Trinajstić information content (AvgIpc) is 2.67. The average molecular weight is 481 g/mol. The monoisotopic (exact) mass is 481 g/mol. The Kier molecular flexibility index (Phi) is 7.91. The summed E-state index contributed by atoms with van der Waals surface area (Å²) in [5.74, 6) is 1.30. The highest BCUT2D eigenvalue weighted by Crippen LogP contribution is 2.36. The molecule has 2 aromatic carbocycles. The molecule has 0 aromatic heterocycles. The van der Waals surface area contributed by atoms with Gasteiger partial charge in [-0.3, -0.25) is 4.99 Å². The number of aliphatic imine (C=N–C) groups is 1. The van der Waals surface area contributed by atoms with Crippen molar-refractivity contribution < 1.29 is 9.47 Å². The highest BCUT2D eigenvalue weighted by Gasteiger charge is 2.34. The van der Waals surface area contributed by atoms with Gasteiger partial charge in [0.1, 0.15) is 5.75 Å². The molecule has 3 N–H and O–H groups in total. The van der Waals surface area contributed by atoms with Gasteiger partial charge >= 0.3 is 0 Å². The fraction of sp³-hybridized carbons (Fsp3) is 0.381. The van der Waals surface area contributed by atoms with Gasteiger partial charge in [0.05, 0.1) is 13.7 Å². The molecule has 1 heterocycles. The van der Waals surface area contributed by atoms with Crippen LogP contribution >= 0.6 is 24.0 Å². The fourth-order valence-electron chi connectivity index (χ4n) is 3.39. The summed E-state index contributed by atoms with van der Waals surface area (Å²) in [6, 6.07) is 16.4. The summed E-state index contributed by atoms with van der Waals surface area (Å²) in [6.07, 6.45) is 1.86. The number of benzene rings is 2. The lowest BCUT2D eigenvalue weighted by Gasteiger charge is -2.36. The van der Waals surface area contributed by atoms with Crippen molar-refractivity contribution in [2.75, 3.05) is 32.2 Å². The van der Waals surface area contributed by atoms with Crippen LogP contribution in [0, 0.1) is 6.92 Å². The Morgan fingerprint density at radius 2 is 1.89 bits per heavy atom. The second-order valence-corrected chi connectivity index (χ2v) is 6.82. The van der Waals surface area contributed by atoms with E-state index < -0.39 is 0 Å². The number of ether oxygens (including phenoxy) is 2. The van der Waals surface area contributed by atoms with Crippen molar-refractivity contribution >= 4 is 35.6 Å². The number of nitrogens with zero attached hydrogens (tertiary/aromatic N) is 1. The van der Waals surface area contributed by atoms with Crippen LogP contribution in [0.15, 0.2) is 53.5 Å². The minimum Gasteiger partial charge on any atom is -0.497 e. The molecule has 0 saturated carbocycles. The van der Waals surface area contributed by atoms with Crippen molar-refractivity contribution in [3.8, 4) is 5.75 Å². The summed E-state index contributed by atoms with van der Waals surface area (Å²) < 4.78 is 10.9. The zero-order valence-corrected chi connectivity index (χ0v) is 18.2. The predicted molar refractivity (Wildman–Crippen MR) is 121 cm³/mol. The molecule has 5 nitrogen and oxygen atoms in total. The van der Waals surface area contributed by atoms with Crippen molar-refractivity contribution in [3.05, 3.63) is 59.7 Å². The molecule has 1 aliphatic rings. The van der Waals surface area contributed by atoms with Gasteiger partial charge in [0.15, 0.2) is 5.96 Å². The molecule has 3 rings (SSSR count). The zero-order valence-electron chi connectivity index (χ0n) is 15.9. The van der Waals surface area contributed by atoms with E-state index in [2.05, 4.69) is 41.5 Å². The number of methoxy groups -OCH3 is 1. The molecule has 6 heteroatoms. The Morgan fingerprint density at radius 3 is 2.52 bits per heavy atom. The standard InChI is InChI=1S/C21H27N3O2.HI/c1-16-4-3-5-18(14-16)24-20(22)23-15-21(10-12-26-13-11-21)17-6-8-19(25-2)9-7-17;/h3-9,14H,10-13,15H2,1-2H3,(H3,22,23,24);1H. The lowest BCUT2D eigenvalue weighted by atomic mass is 9.74. The van der Waals surface area contributed by atoms with E-state index >= 15 is 0 Å². The quantitative estimate of drug-likeness (QED) is 0.384. The molecule has 0 radical (unpaired) electrons. The molecule has 1 saturated heterocycles. The molecule has 0 bridgehead atoms. The van der Waals surface area contributed by atoms with Crippen LogP contribution in [0.1, 0.15) is 24.0 Å². The van der Waals surface area contributed by atoms with Crippen molar-refractivity contribution in [2.24, 2.45) is 10.7 Å².